The van der Waals surface area contributed by atoms with Crippen molar-refractivity contribution in [2.45, 2.75) is 12.6 Å². The summed E-state index contributed by atoms with van der Waals surface area (Å²) >= 11 is 6.37. The van der Waals surface area contributed by atoms with Gasteiger partial charge in [-0.2, -0.15) is 0 Å². The number of halogens is 1. The van der Waals surface area contributed by atoms with Crippen LogP contribution in [0.3, 0.4) is 0 Å². The van der Waals surface area contributed by atoms with E-state index < -0.39 is 0 Å². The van der Waals surface area contributed by atoms with Crippen LogP contribution in [0.4, 0.5) is 0 Å². The Morgan fingerprint density at radius 2 is 1.41 bits per heavy atom. The summed E-state index contributed by atoms with van der Waals surface area (Å²) < 4.78 is 0. The highest BCUT2D eigenvalue weighted by atomic mass is 35.5. The van der Waals surface area contributed by atoms with E-state index in [-0.39, 0.29) is 11.9 Å². The van der Waals surface area contributed by atoms with Crippen LogP contribution in [0.5, 0.6) is 0 Å². The van der Waals surface area contributed by atoms with Gasteiger partial charge in [0, 0.05) is 42.3 Å². The summed E-state index contributed by atoms with van der Waals surface area (Å²) in [4.78, 5) is 17.8. The van der Waals surface area contributed by atoms with Crippen molar-refractivity contribution in [1.29, 1.82) is 0 Å². The third-order valence-corrected chi connectivity index (χ3v) is 6.81. The number of carbonyl (C=O) groups excluding carboxylic acids is 1. The molecule has 1 saturated heterocycles. The van der Waals surface area contributed by atoms with Gasteiger partial charge in [0.1, 0.15) is 0 Å². The minimum Gasteiger partial charge on any atom is -0.329 e. The summed E-state index contributed by atoms with van der Waals surface area (Å²) in [6.45, 7) is 3.19. The third kappa shape index (κ3) is 4.91. The molecule has 0 spiro atoms. The minimum absolute atomic E-state index is 0.0186. The Labute approximate surface area is 206 Å². The third-order valence-electron chi connectivity index (χ3n) is 6.48. The van der Waals surface area contributed by atoms with Crippen LogP contribution in [0, 0.1) is 0 Å². The second-order valence-corrected chi connectivity index (χ2v) is 9.11. The van der Waals surface area contributed by atoms with Gasteiger partial charge in [-0.3, -0.25) is 9.69 Å². The van der Waals surface area contributed by atoms with Gasteiger partial charge in [-0.25, -0.2) is 0 Å². The van der Waals surface area contributed by atoms with Gasteiger partial charge in [-0.05, 0) is 34.9 Å². The van der Waals surface area contributed by atoms with Crippen molar-refractivity contribution in [2.75, 3.05) is 19.6 Å². The van der Waals surface area contributed by atoms with Gasteiger partial charge in [0.25, 0.3) is 5.91 Å². The van der Waals surface area contributed by atoms with Gasteiger partial charge in [-0.1, -0.05) is 103 Å². The fraction of sp³-hybridized carbons (Fsp3) is 0.167. The average Bonchev–Trinajstić information content (AvgIpc) is 2.90. The van der Waals surface area contributed by atoms with E-state index in [0.717, 1.165) is 41.3 Å². The Bertz CT molecular complexity index is 1240. The van der Waals surface area contributed by atoms with Crippen LogP contribution >= 0.6 is 11.6 Å². The quantitative estimate of drug-likeness (QED) is 0.326. The van der Waals surface area contributed by atoms with Gasteiger partial charge in [-0.15, -0.1) is 0 Å². The van der Waals surface area contributed by atoms with Crippen LogP contribution in [-0.4, -0.2) is 35.3 Å². The molecular formula is C30H27ClN2O. The van der Waals surface area contributed by atoms with Crippen LogP contribution in [0.2, 0.25) is 5.02 Å². The fourth-order valence-corrected chi connectivity index (χ4v) is 4.92. The van der Waals surface area contributed by atoms with E-state index in [4.69, 9.17) is 11.6 Å². The smallest absolute Gasteiger partial charge is 0.254 e. The normalized spacial score (nSPS) is 16.4. The lowest BCUT2D eigenvalue weighted by Crippen LogP contribution is -2.50. The number of benzene rings is 4. The predicted octanol–water partition coefficient (Wildman–Crippen LogP) is 6.71. The molecule has 3 nitrogen and oxygen atoms in total. The lowest BCUT2D eigenvalue weighted by atomic mass is 10.00. The molecule has 1 fully saturated rings. The number of amides is 1. The molecule has 4 aromatic carbocycles. The maximum atomic E-state index is 13.3. The standard InChI is InChI=1S/C30H27ClN2O/c31-28-14-8-7-13-27(28)24-17-15-23(16-18-24)21-32-19-20-33(30(34)26-11-5-2-6-12-26)29(22-32)25-9-3-1-4-10-25/h1-18,29H,19-22H2. The Balaban J connectivity index is 1.33. The molecule has 1 aliphatic rings. The monoisotopic (exact) mass is 466 g/mol. The van der Waals surface area contributed by atoms with Gasteiger partial charge < -0.3 is 4.90 Å². The topological polar surface area (TPSA) is 23.6 Å². The Morgan fingerprint density at radius 3 is 2.12 bits per heavy atom. The first kappa shape index (κ1) is 22.4. The second kappa shape index (κ2) is 10.3. The molecule has 0 aromatic heterocycles. The van der Waals surface area contributed by atoms with Crippen molar-refractivity contribution < 1.29 is 4.79 Å². The molecule has 34 heavy (non-hydrogen) atoms. The molecule has 0 bridgehead atoms. The first-order valence-corrected chi connectivity index (χ1v) is 12.0. The summed E-state index contributed by atoms with van der Waals surface area (Å²) in [6, 6.07) is 36.5. The Hall–Kier alpha value is -3.40. The van der Waals surface area contributed by atoms with Crippen molar-refractivity contribution >= 4 is 17.5 Å². The summed E-state index contributed by atoms with van der Waals surface area (Å²) in [5, 5.41) is 0.764. The molecule has 4 heteroatoms. The molecule has 5 rings (SSSR count). The van der Waals surface area contributed by atoms with Gasteiger partial charge in [0.15, 0.2) is 0 Å². The zero-order valence-electron chi connectivity index (χ0n) is 19.0. The van der Waals surface area contributed by atoms with E-state index in [0.29, 0.717) is 6.54 Å². The summed E-state index contributed by atoms with van der Waals surface area (Å²) in [7, 11) is 0. The maximum Gasteiger partial charge on any atom is 0.254 e. The molecule has 1 aliphatic heterocycles. The van der Waals surface area contributed by atoms with Crippen molar-refractivity contribution in [3.05, 3.63) is 131 Å². The molecular weight excluding hydrogens is 440 g/mol. The van der Waals surface area contributed by atoms with E-state index in [9.17, 15) is 4.79 Å². The van der Waals surface area contributed by atoms with E-state index in [2.05, 4.69) is 41.3 Å². The van der Waals surface area contributed by atoms with Crippen molar-refractivity contribution in [3.63, 3.8) is 0 Å². The van der Waals surface area contributed by atoms with Gasteiger partial charge in [0.2, 0.25) is 0 Å². The van der Waals surface area contributed by atoms with Gasteiger partial charge >= 0.3 is 0 Å². The van der Waals surface area contributed by atoms with Crippen molar-refractivity contribution in [1.82, 2.24) is 9.80 Å². The van der Waals surface area contributed by atoms with E-state index >= 15 is 0 Å². The van der Waals surface area contributed by atoms with Crippen LogP contribution in [0.1, 0.15) is 27.5 Å². The molecule has 170 valence electrons. The van der Waals surface area contributed by atoms with E-state index in [1.807, 2.05) is 77.7 Å². The van der Waals surface area contributed by atoms with Gasteiger partial charge in [0.05, 0.1) is 6.04 Å². The Morgan fingerprint density at radius 1 is 0.765 bits per heavy atom. The molecule has 1 heterocycles. The Kier molecular flexibility index (Phi) is 6.75. The summed E-state index contributed by atoms with van der Waals surface area (Å²) in [6.07, 6.45) is 0. The van der Waals surface area contributed by atoms with Crippen molar-refractivity contribution in [2.24, 2.45) is 0 Å². The summed E-state index contributed by atoms with van der Waals surface area (Å²) in [5.41, 5.74) is 5.34. The molecule has 1 atom stereocenters. The minimum atomic E-state index is 0.0186. The number of hydrogen-bond donors (Lipinski definition) is 0. The van der Waals surface area contributed by atoms with E-state index in [1.54, 1.807) is 0 Å². The SMILES string of the molecule is O=C(c1ccccc1)N1CCN(Cc2ccc(-c3ccccc3Cl)cc2)CC1c1ccccc1. The first-order valence-electron chi connectivity index (χ1n) is 11.7. The van der Waals surface area contributed by atoms with Crippen molar-refractivity contribution in [3.8, 4) is 11.1 Å². The molecule has 0 aliphatic carbocycles. The molecule has 1 unspecified atom stereocenters. The lowest BCUT2D eigenvalue weighted by molar-refractivity contribution is 0.0434. The van der Waals surface area contributed by atoms with Crippen LogP contribution in [-0.2, 0) is 6.54 Å². The highest BCUT2D eigenvalue weighted by molar-refractivity contribution is 6.33. The molecule has 0 radical (unpaired) electrons. The molecule has 0 N–H and O–H groups in total. The predicted molar refractivity (Wildman–Crippen MR) is 139 cm³/mol. The zero-order valence-corrected chi connectivity index (χ0v) is 19.7. The zero-order chi connectivity index (χ0) is 23.3. The largest absolute Gasteiger partial charge is 0.329 e. The molecule has 1 amide bonds. The number of rotatable bonds is 5. The van der Waals surface area contributed by atoms with Crippen LogP contribution < -0.4 is 0 Å². The second-order valence-electron chi connectivity index (χ2n) is 8.70. The first-order chi connectivity index (χ1) is 16.7. The molecule has 4 aromatic rings. The lowest BCUT2D eigenvalue weighted by Gasteiger charge is -2.42. The summed E-state index contributed by atoms with van der Waals surface area (Å²) in [5.74, 6) is 0.0956. The van der Waals surface area contributed by atoms with Crippen LogP contribution in [0.25, 0.3) is 11.1 Å². The molecule has 0 saturated carbocycles. The van der Waals surface area contributed by atoms with E-state index in [1.165, 1.54) is 11.1 Å². The number of carbonyl (C=O) groups is 1. The number of piperazine rings is 1. The average molecular weight is 467 g/mol. The number of nitrogens with zero attached hydrogens (tertiary/aromatic N) is 2. The fourth-order valence-electron chi connectivity index (χ4n) is 4.68. The highest BCUT2D eigenvalue weighted by Gasteiger charge is 2.32. The maximum absolute atomic E-state index is 13.3. The van der Waals surface area contributed by atoms with Crippen LogP contribution in [0.15, 0.2) is 109 Å². The highest BCUT2D eigenvalue weighted by Crippen LogP contribution is 2.30. The number of hydrogen-bond acceptors (Lipinski definition) is 2.